The van der Waals surface area contributed by atoms with Crippen LogP contribution >= 0.6 is 11.3 Å². The number of carboxylic acids is 1. The van der Waals surface area contributed by atoms with Crippen LogP contribution in [-0.2, 0) is 4.79 Å². The van der Waals surface area contributed by atoms with E-state index in [1.54, 1.807) is 29.5 Å². The number of aliphatic carboxylic acids is 1. The molecule has 0 amide bonds. The van der Waals surface area contributed by atoms with E-state index >= 15 is 4.39 Å². The number of piperidine rings is 1. The Bertz CT molecular complexity index is 1210. The van der Waals surface area contributed by atoms with E-state index in [1.807, 2.05) is 17.5 Å². The molecule has 1 aliphatic rings. The van der Waals surface area contributed by atoms with Crippen molar-refractivity contribution in [3.63, 3.8) is 0 Å². The monoisotopic (exact) mass is 484 g/mol. The number of thiophene rings is 1. The maximum Gasteiger partial charge on any atom is 0.309 e. The van der Waals surface area contributed by atoms with Crippen LogP contribution in [0, 0.1) is 23.1 Å². The molecular formula is C26H26F2N2O3S. The van der Waals surface area contributed by atoms with Gasteiger partial charge in [0.25, 0.3) is 0 Å². The maximum absolute atomic E-state index is 15.4. The van der Waals surface area contributed by atoms with Crippen LogP contribution < -0.4 is 4.74 Å². The molecule has 0 spiro atoms. The van der Waals surface area contributed by atoms with Crippen molar-refractivity contribution < 1.29 is 23.4 Å². The van der Waals surface area contributed by atoms with Crippen molar-refractivity contribution in [2.45, 2.75) is 31.9 Å². The molecule has 178 valence electrons. The number of methoxy groups -OCH3 is 1. The summed E-state index contributed by atoms with van der Waals surface area (Å²) in [5.74, 6) is 5.06. The highest BCUT2D eigenvalue weighted by Gasteiger charge is 2.41. The number of rotatable bonds is 7. The van der Waals surface area contributed by atoms with Gasteiger partial charge in [-0.25, -0.2) is 8.78 Å². The molecule has 0 bridgehead atoms. The lowest BCUT2D eigenvalue weighted by atomic mass is 9.74. The van der Waals surface area contributed by atoms with Gasteiger partial charge in [0.15, 0.2) is 0 Å². The minimum absolute atomic E-state index is 0.0856. The van der Waals surface area contributed by atoms with E-state index in [-0.39, 0.29) is 18.4 Å². The van der Waals surface area contributed by atoms with Crippen LogP contribution in [-0.4, -0.2) is 47.7 Å². The highest BCUT2D eigenvalue weighted by Crippen LogP contribution is 2.41. The molecule has 0 radical (unpaired) electrons. The number of fused-ring (bicyclic) bond motifs is 1. The zero-order valence-corrected chi connectivity index (χ0v) is 19.7. The number of pyridine rings is 1. The molecule has 1 N–H and O–H groups in total. The molecule has 4 rings (SSSR count). The minimum Gasteiger partial charge on any atom is -0.497 e. The number of hydrogen-bond acceptors (Lipinski definition) is 5. The summed E-state index contributed by atoms with van der Waals surface area (Å²) >= 11 is 1.58. The molecule has 3 heterocycles. The molecule has 1 atom stereocenters. The number of alkyl halides is 1. The Labute approximate surface area is 201 Å². The number of benzene rings is 1. The molecule has 2 aromatic heterocycles. The molecule has 0 aliphatic carbocycles. The SMILES string of the molecule is COc1ccc2ncc(F)c([C@H](F)CCC3(C(=O)O)CCN(CC#Cc4cccs4)CC3)c2c1. The summed E-state index contributed by atoms with van der Waals surface area (Å²) in [5.41, 5.74) is -0.658. The van der Waals surface area contributed by atoms with E-state index in [0.717, 1.165) is 11.1 Å². The zero-order valence-electron chi connectivity index (χ0n) is 18.9. The average Bonchev–Trinajstić information content (AvgIpc) is 3.36. The molecule has 0 unspecified atom stereocenters. The first-order valence-corrected chi connectivity index (χ1v) is 12.0. The van der Waals surface area contributed by atoms with Crippen LogP contribution in [0.2, 0.25) is 0 Å². The van der Waals surface area contributed by atoms with Crippen LogP contribution in [0.25, 0.3) is 10.9 Å². The molecule has 3 aromatic rings. The van der Waals surface area contributed by atoms with Crippen LogP contribution in [0.3, 0.4) is 0 Å². The molecule has 1 aliphatic heterocycles. The van der Waals surface area contributed by atoms with Gasteiger partial charge in [-0.2, -0.15) is 0 Å². The summed E-state index contributed by atoms with van der Waals surface area (Å²) in [6.45, 7) is 1.72. The first kappa shape index (κ1) is 24.1. The van der Waals surface area contributed by atoms with E-state index in [0.29, 0.717) is 49.1 Å². The topological polar surface area (TPSA) is 62.7 Å². The van der Waals surface area contributed by atoms with E-state index in [1.165, 1.54) is 7.11 Å². The highest BCUT2D eigenvalue weighted by molar-refractivity contribution is 7.10. The van der Waals surface area contributed by atoms with Crippen molar-refractivity contribution >= 4 is 28.2 Å². The predicted octanol–water partition coefficient (Wildman–Crippen LogP) is 5.45. The van der Waals surface area contributed by atoms with Crippen molar-refractivity contribution in [2.75, 3.05) is 26.7 Å². The predicted molar refractivity (Wildman–Crippen MR) is 128 cm³/mol. The lowest BCUT2D eigenvalue weighted by Crippen LogP contribution is -2.44. The van der Waals surface area contributed by atoms with Gasteiger partial charge in [0.2, 0.25) is 0 Å². The van der Waals surface area contributed by atoms with Crippen molar-refractivity contribution in [1.82, 2.24) is 9.88 Å². The van der Waals surface area contributed by atoms with Gasteiger partial charge in [0, 0.05) is 24.0 Å². The Kier molecular flexibility index (Phi) is 7.44. The number of carboxylic acid groups (broad SMARTS) is 1. The molecular weight excluding hydrogens is 458 g/mol. The Hall–Kier alpha value is -3.02. The van der Waals surface area contributed by atoms with E-state index in [9.17, 15) is 14.3 Å². The third kappa shape index (κ3) is 5.21. The van der Waals surface area contributed by atoms with Gasteiger partial charge in [-0.15, -0.1) is 11.3 Å². The van der Waals surface area contributed by atoms with E-state index in [2.05, 4.69) is 21.7 Å². The Morgan fingerprint density at radius 1 is 1.35 bits per heavy atom. The van der Waals surface area contributed by atoms with Crippen LogP contribution in [0.1, 0.15) is 42.3 Å². The summed E-state index contributed by atoms with van der Waals surface area (Å²) in [5, 5.41) is 12.3. The lowest BCUT2D eigenvalue weighted by Gasteiger charge is -2.38. The van der Waals surface area contributed by atoms with E-state index < -0.39 is 23.4 Å². The normalized spacial score (nSPS) is 16.6. The minimum atomic E-state index is -1.65. The van der Waals surface area contributed by atoms with Crippen LogP contribution in [0.5, 0.6) is 5.75 Å². The summed E-state index contributed by atoms with van der Waals surface area (Å²) in [6, 6.07) is 8.81. The summed E-state index contributed by atoms with van der Waals surface area (Å²) in [6.07, 6.45) is 0.220. The summed E-state index contributed by atoms with van der Waals surface area (Å²) in [7, 11) is 1.48. The number of nitrogens with zero attached hydrogens (tertiary/aromatic N) is 2. The molecule has 1 saturated heterocycles. The van der Waals surface area contributed by atoms with Gasteiger partial charge in [-0.05, 0) is 55.3 Å². The van der Waals surface area contributed by atoms with Crippen LogP contribution in [0.4, 0.5) is 8.78 Å². The standard InChI is InChI=1S/C26H26F2N2O3S/c1-33-18-6-7-23-20(16-18)24(22(28)17-29-23)21(27)8-9-26(25(31)32)10-13-30(14-11-26)12-2-4-19-5-3-15-34-19/h3,5-7,15-17,21H,8-14H2,1H3,(H,31,32)/t21-/m1/s1. The van der Waals surface area contributed by atoms with Gasteiger partial charge >= 0.3 is 5.97 Å². The summed E-state index contributed by atoms with van der Waals surface area (Å²) < 4.78 is 35.2. The Morgan fingerprint density at radius 2 is 2.15 bits per heavy atom. The number of likely N-dealkylation sites (tertiary alicyclic amines) is 1. The van der Waals surface area contributed by atoms with Gasteiger partial charge in [0.1, 0.15) is 17.7 Å². The fourth-order valence-corrected chi connectivity index (χ4v) is 5.05. The largest absolute Gasteiger partial charge is 0.497 e. The average molecular weight is 485 g/mol. The lowest BCUT2D eigenvalue weighted by molar-refractivity contribution is -0.152. The third-order valence-corrected chi connectivity index (χ3v) is 7.35. The number of carbonyl (C=O) groups is 1. The molecule has 34 heavy (non-hydrogen) atoms. The molecule has 1 fully saturated rings. The Morgan fingerprint density at radius 3 is 2.82 bits per heavy atom. The molecule has 5 nitrogen and oxygen atoms in total. The zero-order chi connectivity index (χ0) is 24.1. The smallest absolute Gasteiger partial charge is 0.309 e. The fraction of sp³-hybridized carbons (Fsp3) is 0.385. The van der Waals surface area contributed by atoms with Gasteiger partial charge in [-0.3, -0.25) is 14.7 Å². The first-order chi connectivity index (χ1) is 16.4. The van der Waals surface area contributed by atoms with Gasteiger partial charge < -0.3 is 9.84 Å². The van der Waals surface area contributed by atoms with Gasteiger partial charge in [-0.1, -0.05) is 17.9 Å². The number of aromatic nitrogens is 1. The fourth-order valence-electron chi connectivity index (χ4n) is 4.46. The second-order valence-corrected chi connectivity index (χ2v) is 9.50. The number of ether oxygens (including phenoxy) is 1. The second-order valence-electron chi connectivity index (χ2n) is 8.55. The second kappa shape index (κ2) is 10.5. The Balaban J connectivity index is 1.43. The quantitative estimate of drug-likeness (QED) is 0.452. The number of halogens is 2. The molecule has 8 heteroatoms. The molecule has 0 saturated carbocycles. The molecule has 1 aromatic carbocycles. The van der Waals surface area contributed by atoms with Crippen molar-refractivity contribution in [3.8, 4) is 17.6 Å². The van der Waals surface area contributed by atoms with E-state index in [4.69, 9.17) is 4.74 Å². The highest BCUT2D eigenvalue weighted by atomic mass is 32.1. The van der Waals surface area contributed by atoms with Crippen LogP contribution in [0.15, 0.2) is 41.9 Å². The third-order valence-electron chi connectivity index (χ3n) is 6.56. The maximum atomic E-state index is 15.4. The van der Waals surface area contributed by atoms with Crippen molar-refractivity contribution in [2.24, 2.45) is 5.41 Å². The first-order valence-electron chi connectivity index (χ1n) is 11.2. The summed E-state index contributed by atoms with van der Waals surface area (Å²) in [4.78, 5) is 19.4. The van der Waals surface area contributed by atoms with Crippen molar-refractivity contribution in [3.05, 3.63) is 58.2 Å². The van der Waals surface area contributed by atoms with Crippen molar-refractivity contribution in [1.29, 1.82) is 0 Å². The van der Waals surface area contributed by atoms with Gasteiger partial charge in [0.05, 0.1) is 35.7 Å². The number of hydrogen-bond donors (Lipinski definition) is 1.